The fraction of sp³-hybridized carbons (Fsp3) is 0.267. The number of rotatable bonds is 5. The maximum Gasteiger partial charge on any atom is 0.239 e. The van der Waals surface area contributed by atoms with E-state index in [4.69, 9.17) is 4.42 Å². The molecule has 1 amide bonds. The van der Waals surface area contributed by atoms with E-state index in [0.717, 1.165) is 17.0 Å². The minimum Gasteiger partial charge on any atom is -0.443 e. The van der Waals surface area contributed by atoms with Crippen LogP contribution in [0.2, 0.25) is 0 Å². The maximum absolute atomic E-state index is 11.2. The Hall–Kier alpha value is -2.83. The Bertz CT molecular complexity index is 636. The van der Waals surface area contributed by atoms with Gasteiger partial charge in [0.25, 0.3) is 0 Å². The van der Waals surface area contributed by atoms with Gasteiger partial charge in [0.15, 0.2) is 18.1 Å². The lowest BCUT2D eigenvalue weighted by Crippen LogP contribution is -2.42. The largest absolute Gasteiger partial charge is 0.443 e. The van der Waals surface area contributed by atoms with Crippen LogP contribution in [0, 0.1) is 0 Å². The van der Waals surface area contributed by atoms with Gasteiger partial charge in [-0.1, -0.05) is 30.3 Å². The summed E-state index contributed by atoms with van der Waals surface area (Å²) in [6.07, 6.45) is 1.42. The molecular formula is C15H19N5O2. The number of nitrogens with one attached hydrogen (secondary N) is 3. The number of oxazole rings is 1. The highest BCUT2D eigenvalue weighted by Crippen LogP contribution is 2.22. The number of nitrogens with zero attached hydrogens (tertiary/aromatic N) is 2. The van der Waals surface area contributed by atoms with Crippen molar-refractivity contribution in [3.8, 4) is 11.3 Å². The van der Waals surface area contributed by atoms with Crippen molar-refractivity contribution in [3.05, 3.63) is 42.4 Å². The summed E-state index contributed by atoms with van der Waals surface area (Å²) in [6.45, 7) is 0.592. The van der Waals surface area contributed by atoms with Crippen molar-refractivity contribution in [2.75, 3.05) is 20.6 Å². The highest BCUT2D eigenvalue weighted by molar-refractivity contribution is 5.86. The van der Waals surface area contributed by atoms with Crippen molar-refractivity contribution in [1.82, 2.24) is 20.9 Å². The van der Waals surface area contributed by atoms with Gasteiger partial charge in [0, 0.05) is 19.7 Å². The van der Waals surface area contributed by atoms with E-state index in [9.17, 15) is 4.79 Å². The number of amides is 1. The first kappa shape index (κ1) is 15.6. The molecule has 116 valence electrons. The van der Waals surface area contributed by atoms with Crippen LogP contribution in [0.15, 0.2) is 46.1 Å². The zero-order valence-corrected chi connectivity index (χ0v) is 12.6. The van der Waals surface area contributed by atoms with Crippen molar-refractivity contribution in [3.63, 3.8) is 0 Å². The van der Waals surface area contributed by atoms with E-state index >= 15 is 0 Å². The van der Waals surface area contributed by atoms with Gasteiger partial charge in [-0.2, -0.15) is 0 Å². The monoisotopic (exact) mass is 301 g/mol. The molecule has 2 aromatic rings. The van der Waals surface area contributed by atoms with Crippen molar-refractivity contribution in [2.45, 2.75) is 6.54 Å². The molecule has 0 radical (unpaired) electrons. The Kier molecular flexibility index (Phi) is 5.53. The number of hydrogen-bond donors (Lipinski definition) is 3. The third-order valence-electron chi connectivity index (χ3n) is 3.02. The van der Waals surface area contributed by atoms with Gasteiger partial charge in [-0.3, -0.25) is 9.79 Å². The summed E-state index contributed by atoms with van der Waals surface area (Å²) in [5.74, 6) is 1.12. The van der Waals surface area contributed by atoms with Crippen LogP contribution in [-0.4, -0.2) is 37.5 Å². The molecule has 7 heteroatoms. The van der Waals surface area contributed by atoms with Crippen LogP contribution in [0.4, 0.5) is 0 Å². The maximum atomic E-state index is 11.2. The lowest BCUT2D eigenvalue weighted by molar-refractivity contribution is -0.119. The van der Waals surface area contributed by atoms with E-state index in [0.29, 0.717) is 12.5 Å². The normalized spacial score (nSPS) is 11.1. The number of hydrogen-bond acceptors (Lipinski definition) is 4. The SMILES string of the molecule is CN=C(NCC(=O)NC)NCc1ncoc1-c1ccccc1. The minimum absolute atomic E-state index is 0.116. The fourth-order valence-corrected chi connectivity index (χ4v) is 1.86. The second-order valence-electron chi connectivity index (χ2n) is 4.45. The number of carbonyl (C=O) groups excluding carboxylic acids is 1. The molecule has 0 spiro atoms. The molecular weight excluding hydrogens is 282 g/mol. The van der Waals surface area contributed by atoms with Gasteiger partial charge in [-0.15, -0.1) is 0 Å². The number of benzene rings is 1. The topological polar surface area (TPSA) is 91.5 Å². The summed E-state index contributed by atoms with van der Waals surface area (Å²) in [5, 5.41) is 8.54. The van der Waals surface area contributed by atoms with Gasteiger partial charge in [-0.25, -0.2) is 4.98 Å². The number of aliphatic imine (C=N–C) groups is 1. The van der Waals surface area contributed by atoms with Gasteiger partial charge in [0.2, 0.25) is 5.91 Å². The zero-order valence-electron chi connectivity index (χ0n) is 12.6. The Balaban J connectivity index is 1.97. The summed E-state index contributed by atoms with van der Waals surface area (Å²) < 4.78 is 5.46. The summed E-state index contributed by atoms with van der Waals surface area (Å²) in [5.41, 5.74) is 1.74. The minimum atomic E-state index is -0.116. The molecule has 3 N–H and O–H groups in total. The smallest absolute Gasteiger partial charge is 0.239 e. The van der Waals surface area contributed by atoms with Gasteiger partial charge in [0.1, 0.15) is 5.69 Å². The molecule has 1 aromatic heterocycles. The average Bonchev–Trinajstić information content (AvgIpc) is 3.04. The fourth-order valence-electron chi connectivity index (χ4n) is 1.86. The van der Waals surface area contributed by atoms with Crippen LogP contribution in [0.3, 0.4) is 0 Å². The van der Waals surface area contributed by atoms with Crippen LogP contribution >= 0.6 is 0 Å². The summed E-state index contributed by atoms with van der Waals surface area (Å²) in [6, 6.07) is 9.76. The molecule has 0 saturated carbocycles. The quantitative estimate of drug-likeness (QED) is 0.560. The van der Waals surface area contributed by atoms with E-state index < -0.39 is 0 Å². The van der Waals surface area contributed by atoms with Crippen molar-refractivity contribution < 1.29 is 9.21 Å². The standard InChI is InChI=1S/C15H19N5O2/c1-16-13(21)9-19-15(17-2)18-8-12-14(22-10-20-12)11-6-4-3-5-7-11/h3-7,10H,8-9H2,1-2H3,(H,16,21)(H2,17,18,19). The lowest BCUT2D eigenvalue weighted by atomic mass is 10.1. The van der Waals surface area contributed by atoms with Crippen LogP contribution in [0.25, 0.3) is 11.3 Å². The second kappa shape index (κ2) is 7.82. The van der Waals surface area contributed by atoms with Crippen molar-refractivity contribution >= 4 is 11.9 Å². The van der Waals surface area contributed by atoms with Crippen LogP contribution in [-0.2, 0) is 11.3 Å². The molecule has 2 rings (SSSR count). The summed E-state index contributed by atoms with van der Waals surface area (Å²) in [4.78, 5) is 19.5. The highest BCUT2D eigenvalue weighted by Gasteiger charge is 2.11. The molecule has 0 saturated heterocycles. The van der Waals surface area contributed by atoms with Crippen LogP contribution < -0.4 is 16.0 Å². The molecule has 0 aliphatic heterocycles. The molecule has 0 aliphatic carbocycles. The molecule has 1 aromatic carbocycles. The van der Waals surface area contributed by atoms with E-state index in [1.54, 1.807) is 14.1 Å². The molecule has 0 unspecified atom stereocenters. The van der Waals surface area contributed by atoms with E-state index in [-0.39, 0.29) is 12.5 Å². The van der Waals surface area contributed by atoms with E-state index in [2.05, 4.69) is 25.9 Å². The number of likely N-dealkylation sites (N-methyl/N-ethyl adjacent to an activating group) is 1. The van der Waals surface area contributed by atoms with Crippen LogP contribution in [0.5, 0.6) is 0 Å². The van der Waals surface area contributed by atoms with Crippen molar-refractivity contribution in [1.29, 1.82) is 0 Å². The molecule has 0 bridgehead atoms. The first-order chi connectivity index (χ1) is 10.7. The number of aromatic nitrogens is 1. The molecule has 1 heterocycles. The predicted molar refractivity (Wildman–Crippen MR) is 84.2 cm³/mol. The van der Waals surface area contributed by atoms with Gasteiger partial charge in [-0.05, 0) is 0 Å². The number of carbonyl (C=O) groups is 1. The summed E-state index contributed by atoms with van der Waals surface area (Å²) >= 11 is 0. The molecule has 0 aliphatic rings. The molecule has 22 heavy (non-hydrogen) atoms. The molecule has 0 fully saturated rings. The van der Waals surface area contributed by atoms with Gasteiger partial charge in [0.05, 0.1) is 13.1 Å². The van der Waals surface area contributed by atoms with Gasteiger partial charge < -0.3 is 20.4 Å². The first-order valence-electron chi connectivity index (χ1n) is 6.87. The van der Waals surface area contributed by atoms with E-state index in [1.807, 2.05) is 30.3 Å². The predicted octanol–water partition coefficient (Wildman–Crippen LogP) is 0.753. The first-order valence-corrected chi connectivity index (χ1v) is 6.87. The second-order valence-corrected chi connectivity index (χ2v) is 4.45. The Morgan fingerprint density at radius 1 is 1.27 bits per heavy atom. The van der Waals surface area contributed by atoms with Gasteiger partial charge >= 0.3 is 0 Å². The van der Waals surface area contributed by atoms with Crippen LogP contribution in [0.1, 0.15) is 5.69 Å². The Morgan fingerprint density at radius 3 is 2.73 bits per heavy atom. The Morgan fingerprint density at radius 2 is 2.05 bits per heavy atom. The average molecular weight is 301 g/mol. The zero-order chi connectivity index (χ0) is 15.8. The Labute approximate surface area is 128 Å². The molecule has 0 atom stereocenters. The van der Waals surface area contributed by atoms with E-state index in [1.165, 1.54) is 6.39 Å². The highest BCUT2D eigenvalue weighted by atomic mass is 16.3. The lowest BCUT2D eigenvalue weighted by Gasteiger charge is -2.10. The summed E-state index contributed by atoms with van der Waals surface area (Å²) in [7, 11) is 3.22. The number of guanidine groups is 1. The third-order valence-corrected chi connectivity index (χ3v) is 3.02. The van der Waals surface area contributed by atoms with Crippen molar-refractivity contribution in [2.24, 2.45) is 4.99 Å². The molecule has 7 nitrogen and oxygen atoms in total. The third kappa shape index (κ3) is 4.08.